The Balaban J connectivity index is 0.000000437. The van der Waals surface area contributed by atoms with E-state index in [1.807, 2.05) is 14.1 Å². The van der Waals surface area contributed by atoms with Crippen LogP contribution in [0.4, 0.5) is 0 Å². The van der Waals surface area contributed by atoms with Crippen LogP contribution >= 0.6 is 0 Å². The predicted molar refractivity (Wildman–Crippen MR) is 70.7 cm³/mol. The number of hydrogen-bond donors (Lipinski definition) is 1. The molecule has 4 nitrogen and oxygen atoms in total. The van der Waals surface area contributed by atoms with Gasteiger partial charge in [-0.1, -0.05) is 19.0 Å². The molecular formula is C9H13B3O4S. The molecule has 0 unspecified atom stereocenters. The van der Waals surface area contributed by atoms with Crippen LogP contribution in [0.2, 0.25) is 13.0 Å². The van der Waals surface area contributed by atoms with Crippen molar-refractivity contribution in [3.05, 3.63) is 24.3 Å². The molecule has 8 heteroatoms. The van der Waals surface area contributed by atoms with Gasteiger partial charge in [0.15, 0.2) is 0 Å². The van der Waals surface area contributed by atoms with Gasteiger partial charge >= 0.3 is 0 Å². The quantitative estimate of drug-likeness (QED) is 0.635. The molecule has 0 atom stereocenters. The van der Waals surface area contributed by atoms with Gasteiger partial charge in [-0.2, -0.15) is 8.42 Å². The highest BCUT2D eigenvalue weighted by molar-refractivity contribution is 7.86. The van der Waals surface area contributed by atoms with Crippen molar-refractivity contribution in [2.75, 3.05) is 7.11 Å². The highest BCUT2D eigenvalue weighted by Crippen LogP contribution is 2.21. The smallest absolute Gasteiger partial charge is 0.298 e. The number of ether oxygens (including phenoxy) is 1. The van der Waals surface area contributed by atoms with Crippen molar-refractivity contribution in [1.29, 1.82) is 0 Å². The minimum Gasteiger partial charge on any atom is -0.495 e. The lowest BCUT2D eigenvalue weighted by atomic mass is 9.44. The fourth-order valence-electron chi connectivity index (χ4n) is 0.968. The normalized spacial score (nSPS) is 9.82. The summed E-state index contributed by atoms with van der Waals surface area (Å²) in [6.07, 6.45) is 0.917. The molecule has 4 radical (unpaired) electrons. The van der Waals surface area contributed by atoms with Crippen LogP contribution < -0.4 is 4.74 Å². The van der Waals surface area contributed by atoms with Crippen LogP contribution in [0.3, 0.4) is 0 Å². The van der Waals surface area contributed by atoms with Crippen LogP contribution in [-0.4, -0.2) is 42.3 Å². The molecule has 0 aliphatic rings. The second-order valence-corrected chi connectivity index (χ2v) is 4.40. The predicted octanol–water partition coefficient (Wildman–Crippen LogP) is 0.844. The third-order valence-corrected chi connectivity index (χ3v) is 2.61. The number of benzene rings is 1. The zero-order valence-corrected chi connectivity index (χ0v) is 10.6. The molecule has 0 fully saturated rings. The Labute approximate surface area is 105 Å². The lowest BCUT2D eigenvalue weighted by Crippen LogP contribution is -2.00. The lowest BCUT2D eigenvalue weighted by molar-refractivity contribution is 0.397. The van der Waals surface area contributed by atoms with Crippen LogP contribution in [0.15, 0.2) is 29.2 Å². The van der Waals surface area contributed by atoms with E-state index in [1.165, 1.54) is 25.3 Å². The Morgan fingerprint density at radius 1 is 1.41 bits per heavy atom. The number of hydrogen-bond acceptors (Lipinski definition) is 3. The molecule has 0 heterocycles. The maximum Gasteiger partial charge on any atom is 0.298 e. The average Bonchev–Trinajstić information content (AvgIpc) is 2.30. The molecule has 0 spiro atoms. The molecule has 17 heavy (non-hydrogen) atoms. The number of methoxy groups -OCH3 is 1. The van der Waals surface area contributed by atoms with Crippen LogP contribution in [-0.2, 0) is 10.1 Å². The zero-order chi connectivity index (χ0) is 13.3. The van der Waals surface area contributed by atoms with Gasteiger partial charge in [0.05, 0.1) is 14.4 Å². The summed E-state index contributed by atoms with van der Waals surface area (Å²) in [5.41, 5.74) is 0. The Morgan fingerprint density at radius 2 is 2.00 bits per heavy atom. The standard InChI is InChI=1S/C7H8O4S.C2H5B3/c1-11-6-4-2-3-5-7(6)12(8,9)10;1-4-2-5-3/h2-5H,1H3,(H,8,9,10);2H2,1H3. The largest absolute Gasteiger partial charge is 0.495 e. The van der Waals surface area contributed by atoms with Crippen molar-refractivity contribution in [1.82, 2.24) is 0 Å². The van der Waals surface area contributed by atoms with Gasteiger partial charge < -0.3 is 4.74 Å². The zero-order valence-electron chi connectivity index (χ0n) is 9.83. The minimum absolute atomic E-state index is 0.139. The van der Waals surface area contributed by atoms with E-state index in [2.05, 4.69) is 0 Å². The van der Waals surface area contributed by atoms with Crippen LogP contribution in [0.1, 0.15) is 0 Å². The molecule has 0 saturated carbocycles. The molecule has 0 aliphatic heterocycles. The van der Waals surface area contributed by atoms with E-state index in [1.54, 1.807) is 13.2 Å². The topological polar surface area (TPSA) is 63.6 Å². The molecule has 0 aliphatic carbocycles. The van der Waals surface area contributed by atoms with E-state index in [9.17, 15) is 8.42 Å². The second kappa shape index (κ2) is 8.25. The van der Waals surface area contributed by atoms with Crippen molar-refractivity contribution >= 4 is 32.3 Å². The van der Waals surface area contributed by atoms with Crippen LogP contribution in [0, 0.1) is 0 Å². The summed E-state index contributed by atoms with van der Waals surface area (Å²) in [6, 6.07) is 5.86. The van der Waals surface area contributed by atoms with Crippen molar-refractivity contribution in [3.8, 4) is 5.75 Å². The van der Waals surface area contributed by atoms with Crippen molar-refractivity contribution in [2.45, 2.75) is 17.9 Å². The minimum atomic E-state index is -4.17. The summed E-state index contributed by atoms with van der Waals surface area (Å²) in [5.74, 6) is 0.139. The van der Waals surface area contributed by atoms with E-state index >= 15 is 0 Å². The fourth-order valence-corrected chi connectivity index (χ4v) is 1.62. The first-order valence-electron chi connectivity index (χ1n) is 4.89. The molecule has 0 saturated heterocycles. The summed E-state index contributed by atoms with van der Waals surface area (Å²) in [5, 5.41) is 0. The summed E-state index contributed by atoms with van der Waals surface area (Å²) in [6.45, 7) is 1.98. The molecule has 1 aromatic carbocycles. The van der Waals surface area contributed by atoms with Gasteiger partial charge in [0.1, 0.15) is 10.6 Å². The van der Waals surface area contributed by atoms with Crippen LogP contribution in [0.25, 0.3) is 0 Å². The average molecular weight is 250 g/mol. The highest BCUT2D eigenvalue weighted by Gasteiger charge is 2.14. The van der Waals surface area contributed by atoms with E-state index < -0.39 is 10.1 Å². The van der Waals surface area contributed by atoms with Gasteiger partial charge in [-0.25, -0.2) is 0 Å². The van der Waals surface area contributed by atoms with E-state index in [0.29, 0.717) is 0 Å². The first-order valence-corrected chi connectivity index (χ1v) is 6.33. The van der Waals surface area contributed by atoms with Gasteiger partial charge in [-0.15, -0.1) is 6.22 Å². The SMILES string of the molecule is COc1ccccc1S(=O)(=O)O.[B][B]C[B]C. The summed E-state index contributed by atoms with van der Waals surface area (Å²) >= 11 is 0. The van der Waals surface area contributed by atoms with Gasteiger partial charge in [-0.05, 0) is 12.1 Å². The Bertz CT molecular complexity index is 420. The molecule has 88 valence electrons. The van der Waals surface area contributed by atoms with Crippen molar-refractivity contribution in [2.24, 2.45) is 0 Å². The fraction of sp³-hybridized carbons (Fsp3) is 0.333. The Morgan fingerprint density at radius 3 is 2.29 bits per heavy atom. The van der Waals surface area contributed by atoms with Gasteiger partial charge in [-0.3, -0.25) is 4.55 Å². The molecule has 0 amide bonds. The molecule has 1 aromatic rings. The monoisotopic (exact) mass is 250 g/mol. The van der Waals surface area contributed by atoms with E-state index in [4.69, 9.17) is 17.0 Å². The third kappa shape index (κ3) is 6.43. The highest BCUT2D eigenvalue weighted by atomic mass is 32.2. The van der Waals surface area contributed by atoms with Gasteiger partial charge in [0.25, 0.3) is 10.1 Å². The molecule has 1 rings (SSSR count). The van der Waals surface area contributed by atoms with Crippen LogP contribution in [0.5, 0.6) is 5.75 Å². The second-order valence-electron chi connectivity index (χ2n) is 3.01. The Hall–Kier alpha value is -0.875. The first kappa shape index (κ1) is 16.1. The molecular weight excluding hydrogens is 237 g/mol. The molecule has 0 bridgehead atoms. The molecule has 1 N–H and O–H groups in total. The lowest BCUT2D eigenvalue weighted by Gasteiger charge is -2.03. The van der Waals surface area contributed by atoms with E-state index in [0.717, 1.165) is 6.22 Å². The van der Waals surface area contributed by atoms with Gasteiger partial charge in [0, 0.05) is 14.9 Å². The van der Waals surface area contributed by atoms with E-state index in [-0.39, 0.29) is 10.6 Å². The Kier molecular flexibility index (Phi) is 7.83. The third-order valence-electron chi connectivity index (χ3n) is 1.72. The van der Waals surface area contributed by atoms with Crippen molar-refractivity contribution < 1.29 is 17.7 Å². The first-order chi connectivity index (χ1) is 7.97. The number of rotatable bonds is 4. The molecule has 0 aromatic heterocycles. The van der Waals surface area contributed by atoms with Crippen molar-refractivity contribution in [3.63, 3.8) is 0 Å². The summed E-state index contributed by atoms with van der Waals surface area (Å²) < 4.78 is 34.8. The summed E-state index contributed by atoms with van der Waals surface area (Å²) in [7, 11) is 5.77. The summed E-state index contributed by atoms with van der Waals surface area (Å²) in [4.78, 5) is -0.215. The van der Waals surface area contributed by atoms with Gasteiger partial charge in [0.2, 0.25) is 0 Å². The maximum atomic E-state index is 10.7. The maximum absolute atomic E-state index is 10.7. The number of para-hydroxylation sites is 1.